The molecule has 0 bridgehead atoms. The van der Waals surface area contributed by atoms with Crippen LogP contribution in [0.5, 0.6) is 0 Å². The van der Waals surface area contributed by atoms with Crippen LogP contribution in [0.25, 0.3) is 0 Å². The normalized spacial score (nSPS) is 14.3. The summed E-state index contributed by atoms with van der Waals surface area (Å²) in [5.74, 6) is -1.13. The Morgan fingerprint density at radius 1 is 0.585 bits per heavy atom. The van der Waals surface area contributed by atoms with Gasteiger partial charge in [-0.15, -0.1) is 0 Å². The van der Waals surface area contributed by atoms with Crippen molar-refractivity contribution in [2.45, 2.75) is 135 Å². The summed E-state index contributed by atoms with van der Waals surface area (Å²) in [6.45, 7) is 3.24. The highest BCUT2D eigenvalue weighted by Crippen LogP contribution is 2.36. The largest absolute Gasteiger partial charge is 0.469 e. The number of aliphatic hydroxyl groups is 1. The number of phosphoric ester groups is 1. The van der Waals surface area contributed by atoms with Crippen LogP contribution in [0, 0.1) is 0 Å². The number of esters is 2. The average molecular weight is 759 g/mol. The van der Waals surface area contributed by atoms with Crippen LogP contribution >= 0.6 is 7.82 Å². The molecule has 10 heteroatoms. The first kappa shape index (κ1) is 49.7. The number of phosphoric acid groups is 1. The van der Waals surface area contributed by atoms with Crippen LogP contribution in [0.1, 0.15) is 123 Å². The highest BCUT2D eigenvalue weighted by atomic mass is 31.2. The summed E-state index contributed by atoms with van der Waals surface area (Å²) < 4.78 is 26.2. The fraction of sp³-hybridized carbons (Fsp3) is 0.535. The Kier molecular flexibility index (Phi) is 34.7. The number of allylic oxidation sites excluding steroid dienone is 17. The second-order valence-electron chi connectivity index (χ2n) is 12.3. The number of aliphatic hydroxyl groups excluding tert-OH is 1. The van der Waals surface area contributed by atoms with Crippen molar-refractivity contribution in [3.8, 4) is 0 Å². The van der Waals surface area contributed by atoms with Gasteiger partial charge in [0, 0.05) is 12.8 Å². The van der Waals surface area contributed by atoms with Crippen LogP contribution in [0.15, 0.2) is 109 Å². The molecule has 1 unspecified atom stereocenters. The van der Waals surface area contributed by atoms with Crippen molar-refractivity contribution < 1.29 is 43.0 Å². The van der Waals surface area contributed by atoms with Crippen molar-refractivity contribution in [2.75, 3.05) is 13.2 Å². The quantitative estimate of drug-likeness (QED) is 0.0196. The minimum absolute atomic E-state index is 0.0316. The maximum Gasteiger partial charge on any atom is 0.469 e. The maximum atomic E-state index is 12.4. The number of carbonyl (C=O) groups excluding carboxylic acids is 2. The third kappa shape index (κ3) is 39.7. The molecule has 0 aromatic heterocycles. The van der Waals surface area contributed by atoms with Gasteiger partial charge in [-0.25, -0.2) is 4.57 Å². The lowest BCUT2D eigenvalue weighted by atomic mass is 10.1. The second kappa shape index (κ2) is 37.0. The van der Waals surface area contributed by atoms with E-state index in [9.17, 15) is 19.3 Å². The van der Waals surface area contributed by atoms with E-state index in [1.54, 1.807) is 12.2 Å². The summed E-state index contributed by atoms with van der Waals surface area (Å²) in [6, 6.07) is 0. The van der Waals surface area contributed by atoms with Crippen molar-refractivity contribution in [1.29, 1.82) is 0 Å². The number of carbonyl (C=O) groups is 2. The molecule has 0 saturated heterocycles. The Bertz CT molecular complexity index is 1230. The third-order valence-electron chi connectivity index (χ3n) is 7.39. The van der Waals surface area contributed by atoms with Gasteiger partial charge >= 0.3 is 19.8 Å². The summed E-state index contributed by atoms with van der Waals surface area (Å²) in [4.78, 5) is 42.8. The average Bonchev–Trinajstić information content (AvgIpc) is 3.12. The van der Waals surface area contributed by atoms with Gasteiger partial charge in [-0.2, -0.15) is 0 Å². The Balaban J connectivity index is 4.24. The lowest BCUT2D eigenvalue weighted by molar-refractivity contribution is -0.161. The number of unbranched alkanes of at least 4 members (excludes halogenated alkanes) is 4. The van der Waals surface area contributed by atoms with E-state index in [0.717, 1.165) is 77.0 Å². The zero-order valence-electron chi connectivity index (χ0n) is 32.2. The molecule has 0 aliphatic rings. The molecule has 298 valence electrons. The Labute approximate surface area is 319 Å². The van der Waals surface area contributed by atoms with Crippen molar-refractivity contribution in [3.63, 3.8) is 0 Å². The van der Waals surface area contributed by atoms with Crippen molar-refractivity contribution in [1.82, 2.24) is 0 Å². The molecule has 0 rings (SSSR count). The van der Waals surface area contributed by atoms with Crippen LogP contribution in [0.3, 0.4) is 0 Å². The SMILES string of the molecule is CC/C=C\C/C=C\C/C=C\C/C=C\C=C\C(O)CCCC(=O)O[C@H](COC(=O)CCCCCC/C=C\C/C=C\C/C=C\C/C=C\CC)COP(=O)(O)O. The molecule has 0 aliphatic carbocycles. The van der Waals surface area contributed by atoms with Gasteiger partial charge < -0.3 is 24.4 Å². The van der Waals surface area contributed by atoms with E-state index in [0.29, 0.717) is 19.3 Å². The maximum absolute atomic E-state index is 12.4. The van der Waals surface area contributed by atoms with E-state index in [2.05, 4.69) is 103 Å². The van der Waals surface area contributed by atoms with E-state index in [-0.39, 0.29) is 19.4 Å². The van der Waals surface area contributed by atoms with Crippen LogP contribution < -0.4 is 0 Å². The highest BCUT2D eigenvalue weighted by molar-refractivity contribution is 7.46. The molecule has 9 nitrogen and oxygen atoms in total. The van der Waals surface area contributed by atoms with Gasteiger partial charge in [-0.1, -0.05) is 136 Å². The molecular weight excluding hydrogens is 691 g/mol. The van der Waals surface area contributed by atoms with Crippen LogP contribution in [-0.4, -0.2) is 52.3 Å². The minimum atomic E-state index is -4.82. The smallest absolute Gasteiger partial charge is 0.462 e. The lowest BCUT2D eigenvalue weighted by Gasteiger charge is -2.18. The van der Waals surface area contributed by atoms with Gasteiger partial charge in [0.05, 0.1) is 12.7 Å². The lowest BCUT2D eigenvalue weighted by Crippen LogP contribution is -2.29. The van der Waals surface area contributed by atoms with Gasteiger partial charge in [-0.05, 0) is 83.5 Å². The topological polar surface area (TPSA) is 140 Å². The monoisotopic (exact) mass is 758 g/mol. The van der Waals surface area contributed by atoms with E-state index >= 15 is 0 Å². The van der Waals surface area contributed by atoms with Gasteiger partial charge in [-0.3, -0.25) is 14.1 Å². The molecule has 3 N–H and O–H groups in total. The second-order valence-corrected chi connectivity index (χ2v) is 13.6. The minimum Gasteiger partial charge on any atom is -0.462 e. The van der Waals surface area contributed by atoms with Crippen molar-refractivity contribution in [2.24, 2.45) is 0 Å². The number of rotatable bonds is 33. The van der Waals surface area contributed by atoms with Crippen LogP contribution in [0.4, 0.5) is 0 Å². The summed E-state index contributed by atoms with van der Waals surface area (Å²) in [7, 11) is -4.82. The molecule has 0 aromatic carbocycles. The van der Waals surface area contributed by atoms with E-state index in [4.69, 9.17) is 19.3 Å². The molecule has 0 radical (unpaired) electrons. The standard InChI is InChI=1S/C43H67O9P/c1-3-5-7-9-11-13-15-17-18-19-20-22-24-26-28-30-32-36-42(45)50-38-41(39-51-53(47,48)49)52-43(46)37-33-35-40(44)34-31-29-27-25-23-21-16-14-12-10-8-6-4-2/h5-8,11-14,17-18,20-23,27,29,31,34,40-41,44H,3-4,9-10,15-16,19,24-26,28,30,32-33,35-39H2,1-2H3,(H2,47,48,49)/b7-5-,8-6-,13-11-,14-12-,18-17-,22-20-,23-21-,29-27-,34-31+/t40?,41-/m1/s1. The summed E-state index contributed by atoms with van der Waals surface area (Å²) >= 11 is 0. The number of hydrogen-bond donors (Lipinski definition) is 3. The Morgan fingerprint density at radius 3 is 1.62 bits per heavy atom. The first-order valence-electron chi connectivity index (χ1n) is 19.3. The zero-order valence-corrected chi connectivity index (χ0v) is 33.1. The zero-order chi connectivity index (χ0) is 39.1. The first-order valence-corrected chi connectivity index (χ1v) is 20.8. The predicted molar refractivity (Wildman–Crippen MR) is 217 cm³/mol. The highest BCUT2D eigenvalue weighted by Gasteiger charge is 2.23. The van der Waals surface area contributed by atoms with Crippen molar-refractivity contribution >= 4 is 19.8 Å². The molecule has 2 atom stereocenters. The number of hydrogen-bond acceptors (Lipinski definition) is 7. The molecule has 0 spiro atoms. The van der Waals surface area contributed by atoms with Gasteiger partial charge in [0.1, 0.15) is 6.61 Å². The molecule has 53 heavy (non-hydrogen) atoms. The van der Waals surface area contributed by atoms with Crippen LogP contribution in [0.2, 0.25) is 0 Å². The molecule has 0 amide bonds. The van der Waals surface area contributed by atoms with Gasteiger partial charge in [0.25, 0.3) is 0 Å². The predicted octanol–water partition coefficient (Wildman–Crippen LogP) is 10.6. The van der Waals surface area contributed by atoms with Gasteiger partial charge in [0.2, 0.25) is 0 Å². The molecule has 0 saturated carbocycles. The summed E-state index contributed by atoms with van der Waals surface area (Å²) in [6.07, 6.45) is 48.4. The summed E-state index contributed by atoms with van der Waals surface area (Å²) in [5, 5.41) is 10.2. The van der Waals surface area contributed by atoms with Gasteiger partial charge in [0.15, 0.2) is 6.10 Å². The summed E-state index contributed by atoms with van der Waals surface area (Å²) in [5.41, 5.74) is 0. The molecule has 0 aliphatic heterocycles. The molecular formula is C43H67O9P. The van der Waals surface area contributed by atoms with E-state index < -0.39 is 38.6 Å². The first-order chi connectivity index (χ1) is 25.7. The third-order valence-corrected chi connectivity index (χ3v) is 7.88. The van der Waals surface area contributed by atoms with E-state index in [1.807, 2.05) is 12.2 Å². The molecule has 0 heterocycles. The Morgan fingerprint density at radius 2 is 1.08 bits per heavy atom. The van der Waals surface area contributed by atoms with E-state index in [1.165, 1.54) is 0 Å². The van der Waals surface area contributed by atoms with Crippen LogP contribution in [-0.2, 0) is 28.2 Å². The fourth-order valence-corrected chi connectivity index (χ4v) is 4.93. The van der Waals surface area contributed by atoms with Crippen molar-refractivity contribution in [3.05, 3.63) is 109 Å². The molecule has 0 aromatic rings. The Hall–Kier alpha value is -3.33. The fourth-order valence-electron chi connectivity index (χ4n) is 4.57. The molecule has 0 fully saturated rings. The number of ether oxygens (including phenoxy) is 2.